The van der Waals surface area contributed by atoms with Gasteiger partial charge in [-0.1, -0.05) is 0 Å². The van der Waals surface area contributed by atoms with Gasteiger partial charge < -0.3 is 4.74 Å². The Morgan fingerprint density at radius 3 is 2.24 bits per heavy atom. The summed E-state index contributed by atoms with van der Waals surface area (Å²) in [4.78, 5) is 37.9. The van der Waals surface area contributed by atoms with E-state index >= 15 is 0 Å². The lowest BCUT2D eigenvalue weighted by Crippen LogP contribution is -2.17. The van der Waals surface area contributed by atoms with E-state index in [4.69, 9.17) is 4.74 Å². The number of amides is 1. The third-order valence-corrected chi connectivity index (χ3v) is 3.73. The van der Waals surface area contributed by atoms with Crippen LogP contribution in [0.2, 0.25) is 0 Å². The highest BCUT2D eigenvalue weighted by Crippen LogP contribution is 2.16. The number of ether oxygens (including phenoxy) is 1. The summed E-state index contributed by atoms with van der Waals surface area (Å²) in [6, 6.07) is 14.7. The maximum atomic E-state index is 12.1. The maximum Gasteiger partial charge on any atom is 0.343 e. The summed E-state index contributed by atoms with van der Waals surface area (Å²) < 4.78 is 5.23. The van der Waals surface area contributed by atoms with Crippen molar-refractivity contribution in [1.29, 1.82) is 0 Å². The first-order chi connectivity index (χ1) is 14.0. The number of hydrazone groups is 1. The number of benzene rings is 2. The van der Waals surface area contributed by atoms with E-state index in [-0.39, 0.29) is 17.2 Å². The molecule has 0 spiro atoms. The second-order valence-electron chi connectivity index (χ2n) is 5.70. The van der Waals surface area contributed by atoms with Crippen LogP contribution in [0.1, 0.15) is 26.3 Å². The number of non-ortho nitro benzene ring substituents is 1. The van der Waals surface area contributed by atoms with Gasteiger partial charge in [0.25, 0.3) is 11.6 Å². The number of hydrogen-bond donors (Lipinski definition) is 1. The SMILES string of the molecule is O=C(N/N=C/c1ccc(OC(=O)c2ccc([N+](=O)[O-])cc2)cc1)c1ccncc1. The molecule has 0 unspecified atom stereocenters. The molecule has 144 valence electrons. The van der Waals surface area contributed by atoms with E-state index in [1.165, 1.54) is 42.9 Å². The molecule has 0 aliphatic carbocycles. The number of nitrogens with zero attached hydrogens (tertiary/aromatic N) is 3. The van der Waals surface area contributed by atoms with Crippen LogP contribution in [0.5, 0.6) is 5.75 Å². The lowest BCUT2D eigenvalue weighted by Gasteiger charge is -2.04. The largest absolute Gasteiger partial charge is 0.423 e. The summed E-state index contributed by atoms with van der Waals surface area (Å²) in [5.74, 6) is -0.699. The molecule has 2 aromatic carbocycles. The predicted molar refractivity (Wildman–Crippen MR) is 104 cm³/mol. The maximum absolute atomic E-state index is 12.1. The lowest BCUT2D eigenvalue weighted by atomic mass is 10.2. The molecule has 3 rings (SSSR count). The molecule has 1 N–H and O–H groups in total. The Morgan fingerprint density at radius 1 is 0.966 bits per heavy atom. The molecule has 0 radical (unpaired) electrons. The summed E-state index contributed by atoms with van der Waals surface area (Å²) in [5, 5.41) is 14.5. The summed E-state index contributed by atoms with van der Waals surface area (Å²) in [7, 11) is 0. The fourth-order valence-corrected chi connectivity index (χ4v) is 2.24. The van der Waals surface area contributed by atoms with Crippen LogP contribution in [-0.2, 0) is 0 Å². The predicted octanol–water partition coefficient (Wildman–Crippen LogP) is 2.97. The van der Waals surface area contributed by atoms with E-state index in [2.05, 4.69) is 15.5 Å². The van der Waals surface area contributed by atoms with Crippen molar-refractivity contribution < 1.29 is 19.2 Å². The molecule has 0 aliphatic heterocycles. The summed E-state index contributed by atoms with van der Waals surface area (Å²) in [6.07, 6.45) is 4.46. The van der Waals surface area contributed by atoms with Gasteiger partial charge in [-0.2, -0.15) is 5.10 Å². The first-order valence-corrected chi connectivity index (χ1v) is 8.33. The van der Waals surface area contributed by atoms with Crippen molar-refractivity contribution in [3.05, 3.63) is 99.9 Å². The number of nitro benzene ring substituents is 1. The van der Waals surface area contributed by atoms with E-state index in [1.807, 2.05) is 0 Å². The summed E-state index contributed by atoms with van der Waals surface area (Å²) in [6.45, 7) is 0. The zero-order chi connectivity index (χ0) is 20.6. The average molecular weight is 390 g/mol. The normalized spacial score (nSPS) is 10.5. The zero-order valence-electron chi connectivity index (χ0n) is 14.9. The Balaban J connectivity index is 1.56. The van der Waals surface area contributed by atoms with Crippen LogP contribution in [0.4, 0.5) is 5.69 Å². The quantitative estimate of drug-likeness (QED) is 0.227. The van der Waals surface area contributed by atoms with Crippen LogP contribution in [0.3, 0.4) is 0 Å². The monoisotopic (exact) mass is 390 g/mol. The molecular formula is C20H14N4O5. The van der Waals surface area contributed by atoms with Crippen LogP contribution in [0.25, 0.3) is 0 Å². The number of rotatable bonds is 6. The molecule has 0 aliphatic rings. The van der Waals surface area contributed by atoms with Crippen molar-refractivity contribution in [2.24, 2.45) is 5.10 Å². The van der Waals surface area contributed by atoms with Gasteiger partial charge in [-0.3, -0.25) is 19.9 Å². The molecular weight excluding hydrogens is 376 g/mol. The highest BCUT2D eigenvalue weighted by atomic mass is 16.6. The Morgan fingerprint density at radius 2 is 1.62 bits per heavy atom. The molecule has 0 bridgehead atoms. The smallest absolute Gasteiger partial charge is 0.343 e. The Hall–Kier alpha value is -4.40. The van der Waals surface area contributed by atoms with Gasteiger partial charge in [0.1, 0.15) is 5.75 Å². The van der Waals surface area contributed by atoms with Crippen LogP contribution >= 0.6 is 0 Å². The molecule has 29 heavy (non-hydrogen) atoms. The number of hydrogen-bond acceptors (Lipinski definition) is 7. The van der Waals surface area contributed by atoms with Crippen LogP contribution in [-0.4, -0.2) is 28.0 Å². The van der Waals surface area contributed by atoms with Crippen molar-refractivity contribution in [2.45, 2.75) is 0 Å². The molecule has 1 amide bonds. The topological polar surface area (TPSA) is 124 Å². The van der Waals surface area contributed by atoms with Gasteiger partial charge in [0, 0.05) is 30.1 Å². The van der Waals surface area contributed by atoms with E-state index in [9.17, 15) is 19.7 Å². The van der Waals surface area contributed by atoms with Crippen molar-refractivity contribution in [2.75, 3.05) is 0 Å². The van der Waals surface area contributed by atoms with Crippen molar-refractivity contribution in [3.8, 4) is 5.75 Å². The fraction of sp³-hybridized carbons (Fsp3) is 0. The first-order valence-electron chi connectivity index (χ1n) is 8.33. The number of esters is 1. The molecule has 9 nitrogen and oxygen atoms in total. The van der Waals surface area contributed by atoms with Gasteiger partial charge >= 0.3 is 5.97 Å². The molecule has 0 atom stereocenters. The van der Waals surface area contributed by atoms with E-state index in [0.29, 0.717) is 16.9 Å². The molecule has 0 saturated carbocycles. The number of carbonyl (C=O) groups is 2. The molecule has 1 heterocycles. The number of carbonyl (C=O) groups excluding carboxylic acids is 2. The van der Waals surface area contributed by atoms with Gasteiger partial charge in [0.2, 0.25) is 0 Å². The molecule has 0 fully saturated rings. The minimum absolute atomic E-state index is 0.110. The van der Waals surface area contributed by atoms with Gasteiger partial charge in [-0.25, -0.2) is 10.2 Å². The Kier molecular flexibility index (Phi) is 6.01. The van der Waals surface area contributed by atoms with E-state index < -0.39 is 10.9 Å². The van der Waals surface area contributed by atoms with Crippen LogP contribution < -0.4 is 10.2 Å². The minimum Gasteiger partial charge on any atom is -0.423 e. The van der Waals surface area contributed by atoms with E-state index in [1.54, 1.807) is 36.4 Å². The van der Waals surface area contributed by atoms with Gasteiger partial charge in [0.05, 0.1) is 16.7 Å². The number of nitro groups is 1. The highest BCUT2D eigenvalue weighted by Gasteiger charge is 2.11. The fourth-order valence-electron chi connectivity index (χ4n) is 2.24. The van der Waals surface area contributed by atoms with E-state index in [0.717, 1.165) is 0 Å². The van der Waals surface area contributed by atoms with Gasteiger partial charge in [-0.05, 0) is 54.1 Å². The van der Waals surface area contributed by atoms with Crippen LogP contribution in [0, 0.1) is 10.1 Å². The molecule has 1 aromatic heterocycles. The minimum atomic E-state index is -0.633. The molecule has 3 aromatic rings. The second kappa shape index (κ2) is 9.00. The first kappa shape index (κ1) is 19.4. The standard InChI is InChI=1S/C20H14N4O5/c25-19(15-9-11-21-12-10-15)23-22-13-14-1-7-18(8-2-14)29-20(26)16-3-5-17(6-4-16)24(27)28/h1-13H,(H,23,25)/b22-13+. The van der Waals surface area contributed by atoms with Crippen molar-refractivity contribution in [3.63, 3.8) is 0 Å². The number of nitrogens with one attached hydrogen (secondary N) is 1. The third kappa shape index (κ3) is 5.30. The highest BCUT2D eigenvalue weighted by molar-refractivity contribution is 5.94. The second-order valence-corrected chi connectivity index (χ2v) is 5.70. The Bertz CT molecular complexity index is 1050. The zero-order valence-corrected chi connectivity index (χ0v) is 14.9. The lowest BCUT2D eigenvalue weighted by molar-refractivity contribution is -0.384. The molecule has 9 heteroatoms. The third-order valence-electron chi connectivity index (χ3n) is 3.73. The Labute approximate surface area is 164 Å². The van der Waals surface area contributed by atoms with Crippen molar-refractivity contribution in [1.82, 2.24) is 10.4 Å². The summed E-state index contributed by atoms with van der Waals surface area (Å²) in [5.41, 5.74) is 3.59. The average Bonchev–Trinajstić information content (AvgIpc) is 2.75. The molecule has 0 saturated heterocycles. The summed E-state index contributed by atoms with van der Waals surface area (Å²) >= 11 is 0. The van der Waals surface area contributed by atoms with Gasteiger partial charge in [0.15, 0.2) is 0 Å². The van der Waals surface area contributed by atoms with Crippen molar-refractivity contribution >= 4 is 23.8 Å². The van der Waals surface area contributed by atoms with Crippen LogP contribution in [0.15, 0.2) is 78.2 Å². The van der Waals surface area contributed by atoms with Gasteiger partial charge in [-0.15, -0.1) is 0 Å². The number of pyridine rings is 1. The number of aromatic nitrogens is 1.